The average molecular weight is 354 g/mol. The van der Waals surface area contributed by atoms with Crippen molar-refractivity contribution in [2.45, 2.75) is 32.8 Å². The third-order valence-electron chi connectivity index (χ3n) is 4.00. The standard InChI is InChI=1S/C21H23FN2O2/c1-21(2,3)26-20(25)24(13-11-15-4-7-17(22)8-5-15)18-9-6-16-10-12-23-19(16)14-18/h4-10,12,14,23H,11,13H2,1-3H3. The zero-order valence-electron chi connectivity index (χ0n) is 15.3. The van der Waals surface area contributed by atoms with E-state index in [1.807, 2.05) is 51.2 Å². The quantitative estimate of drug-likeness (QED) is 0.692. The topological polar surface area (TPSA) is 45.3 Å². The lowest BCUT2D eigenvalue weighted by Crippen LogP contribution is -2.38. The number of ether oxygens (including phenoxy) is 1. The number of nitrogens with one attached hydrogen (secondary N) is 1. The first-order valence-electron chi connectivity index (χ1n) is 8.64. The second kappa shape index (κ2) is 7.20. The fourth-order valence-corrected chi connectivity index (χ4v) is 2.74. The molecule has 4 nitrogen and oxygen atoms in total. The van der Waals surface area contributed by atoms with Gasteiger partial charge in [-0.15, -0.1) is 0 Å². The van der Waals surface area contributed by atoms with Crippen molar-refractivity contribution in [1.82, 2.24) is 4.98 Å². The van der Waals surface area contributed by atoms with E-state index in [0.717, 1.165) is 22.2 Å². The zero-order chi connectivity index (χ0) is 18.7. The SMILES string of the molecule is CC(C)(C)OC(=O)N(CCc1ccc(F)cc1)c1ccc2cc[nH]c2c1. The van der Waals surface area contributed by atoms with Crippen LogP contribution in [0.2, 0.25) is 0 Å². The number of fused-ring (bicyclic) bond motifs is 1. The lowest BCUT2D eigenvalue weighted by molar-refractivity contribution is 0.0581. The van der Waals surface area contributed by atoms with Gasteiger partial charge in [-0.1, -0.05) is 18.2 Å². The van der Waals surface area contributed by atoms with E-state index >= 15 is 0 Å². The molecule has 0 saturated heterocycles. The number of H-pyrrole nitrogens is 1. The van der Waals surface area contributed by atoms with E-state index in [1.165, 1.54) is 12.1 Å². The number of nitrogens with zero attached hydrogens (tertiary/aromatic N) is 1. The van der Waals surface area contributed by atoms with Gasteiger partial charge in [0.05, 0.1) is 0 Å². The molecule has 1 heterocycles. The van der Waals surface area contributed by atoms with Gasteiger partial charge in [-0.05, 0) is 68.5 Å². The van der Waals surface area contributed by atoms with Crippen LogP contribution in [0.25, 0.3) is 10.9 Å². The summed E-state index contributed by atoms with van der Waals surface area (Å²) in [5.74, 6) is -0.269. The third kappa shape index (κ3) is 4.42. The maximum atomic E-state index is 13.1. The lowest BCUT2D eigenvalue weighted by atomic mass is 10.1. The van der Waals surface area contributed by atoms with Crippen molar-refractivity contribution in [3.63, 3.8) is 0 Å². The van der Waals surface area contributed by atoms with E-state index in [1.54, 1.807) is 17.0 Å². The Labute approximate surface area is 152 Å². The number of halogens is 1. The van der Waals surface area contributed by atoms with Gasteiger partial charge in [0, 0.05) is 23.9 Å². The molecule has 1 aromatic heterocycles. The number of rotatable bonds is 4. The Morgan fingerprint density at radius 3 is 2.54 bits per heavy atom. The summed E-state index contributed by atoms with van der Waals surface area (Å²) in [7, 11) is 0. The maximum Gasteiger partial charge on any atom is 0.414 e. The van der Waals surface area contributed by atoms with Crippen LogP contribution in [0.1, 0.15) is 26.3 Å². The maximum absolute atomic E-state index is 13.1. The number of carbonyl (C=O) groups is 1. The van der Waals surface area contributed by atoms with Crippen molar-refractivity contribution < 1.29 is 13.9 Å². The third-order valence-corrected chi connectivity index (χ3v) is 4.00. The fourth-order valence-electron chi connectivity index (χ4n) is 2.74. The Bertz CT molecular complexity index is 894. The van der Waals surface area contributed by atoms with Gasteiger partial charge in [-0.3, -0.25) is 4.90 Å². The highest BCUT2D eigenvalue weighted by molar-refractivity contribution is 5.92. The number of aromatic amines is 1. The Kier molecular flexibility index (Phi) is 4.98. The zero-order valence-corrected chi connectivity index (χ0v) is 15.3. The number of aromatic nitrogens is 1. The minimum Gasteiger partial charge on any atom is -0.443 e. The molecular weight excluding hydrogens is 331 g/mol. The molecule has 1 N–H and O–H groups in total. The minimum atomic E-state index is -0.582. The summed E-state index contributed by atoms with van der Waals surface area (Å²) in [6.07, 6.45) is 2.07. The van der Waals surface area contributed by atoms with Gasteiger partial charge in [-0.25, -0.2) is 9.18 Å². The van der Waals surface area contributed by atoms with Crippen LogP contribution < -0.4 is 4.90 Å². The molecule has 3 rings (SSSR count). The van der Waals surface area contributed by atoms with Crippen LogP contribution in [-0.4, -0.2) is 23.2 Å². The molecule has 5 heteroatoms. The summed E-state index contributed by atoms with van der Waals surface area (Å²) in [6.45, 7) is 5.97. The second-order valence-corrected chi connectivity index (χ2v) is 7.26. The summed E-state index contributed by atoms with van der Waals surface area (Å²) in [6, 6.07) is 14.1. The van der Waals surface area contributed by atoms with Gasteiger partial charge in [0.2, 0.25) is 0 Å². The van der Waals surface area contributed by atoms with Crippen LogP contribution in [0.15, 0.2) is 54.7 Å². The van der Waals surface area contributed by atoms with Crippen LogP contribution in [0.5, 0.6) is 0 Å². The number of hydrogen-bond donors (Lipinski definition) is 1. The van der Waals surface area contributed by atoms with Crippen molar-refractivity contribution >= 4 is 22.7 Å². The predicted molar refractivity (Wildman–Crippen MR) is 102 cm³/mol. The van der Waals surface area contributed by atoms with E-state index < -0.39 is 11.7 Å². The first kappa shape index (κ1) is 18.0. The Hall–Kier alpha value is -2.82. The average Bonchev–Trinajstić information content (AvgIpc) is 3.03. The molecule has 1 amide bonds. The molecule has 0 aliphatic heterocycles. The lowest BCUT2D eigenvalue weighted by Gasteiger charge is -2.27. The molecule has 2 aromatic carbocycles. The molecule has 0 aliphatic carbocycles. The Morgan fingerprint density at radius 2 is 1.85 bits per heavy atom. The highest BCUT2D eigenvalue weighted by Gasteiger charge is 2.23. The normalized spacial score (nSPS) is 11.5. The van der Waals surface area contributed by atoms with Crippen molar-refractivity contribution in [2.75, 3.05) is 11.4 Å². The van der Waals surface area contributed by atoms with Crippen molar-refractivity contribution in [3.05, 3.63) is 66.1 Å². The molecule has 0 aliphatic rings. The Morgan fingerprint density at radius 1 is 1.12 bits per heavy atom. The second-order valence-electron chi connectivity index (χ2n) is 7.26. The molecule has 0 spiro atoms. The first-order chi connectivity index (χ1) is 12.3. The van der Waals surface area contributed by atoms with Crippen molar-refractivity contribution in [2.24, 2.45) is 0 Å². The van der Waals surface area contributed by atoms with Gasteiger partial charge in [0.25, 0.3) is 0 Å². The molecule has 0 fully saturated rings. The van der Waals surface area contributed by atoms with E-state index in [4.69, 9.17) is 4.74 Å². The molecule has 26 heavy (non-hydrogen) atoms. The molecule has 3 aromatic rings. The fraction of sp³-hybridized carbons (Fsp3) is 0.286. The van der Waals surface area contributed by atoms with Gasteiger partial charge in [-0.2, -0.15) is 0 Å². The first-order valence-corrected chi connectivity index (χ1v) is 8.64. The van der Waals surface area contributed by atoms with E-state index in [0.29, 0.717) is 13.0 Å². The highest BCUT2D eigenvalue weighted by atomic mass is 19.1. The predicted octanol–water partition coefficient (Wildman–Crippen LogP) is 5.29. The van der Waals surface area contributed by atoms with Crippen LogP contribution >= 0.6 is 0 Å². The van der Waals surface area contributed by atoms with Gasteiger partial charge in [0.15, 0.2) is 0 Å². The summed E-state index contributed by atoms with van der Waals surface area (Å²) in [5.41, 5.74) is 2.09. The summed E-state index contributed by atoms with van der Waals surface area (Å²) in [5, 5.41) is 1.08. The summed E-state index contributed by atoms with van der Waals surface area (Å²) in [4.78, 5) is 17.5. The van der Waals surface area contributed by atoms with Crippen LogP contribution in [-0.2, 0) is 11.2 Å². The highest BCUT2D eigenvalue weighted by Crippen LogP contribution is 2.23. The monoisotopic (exact) mass is 354 g/mol. The van der Waals surface area contributed by atoms with Gasteiger partial charge >= 0.3 is 6.09 Å². The van der Waals surface area contributed by atoms with E-state index in [2.05, 4.69) is 4.98 Å². The molecule has 0 unspecified atom stereocenters. The van der Waals surface area contributed by atoms with Gasteiger partial charge < -0.3 is 9.72 Å². The van der Waals surface area contributed by atoms with E-state index in [-0.39, 0.29) is 5.82 Å². The Balaban J connectivity index is 1.85. The van der Waals surface area contributed by atoms with Crippen molar-refractivity contribution in [3.8, 4) is 0 Å². The van der Waals surface area contributed by atoms with E-state index in [9.17, 15) is 9.18 Å². The molecule has 0 saturated carbocycles. The van der Waals surface area contributed by atoms with Crippen LogP contribution in [0, 0.1) is 5.82 Å². The van der Waals surface area contributed by atoms with Gasteiger partial charge in [0.1, 0.15) is 11.4 Å². The number of anilines is 1. The van der Waals surface area contributed by atoms with Crippen LogP contribution in [0.4, 0.5) is 14.9 Å². The molecule has 136 valence electrons. The smallest absolute Gasteiger partial charge is 0.414 e. The molecule has 0 bridgehead atoms. The number of hydrogen-bond acceptors (Lipinski definition) is 2. The molecule has 0 radical (unpaired) electrons. The number of amides is 1. The minimum absolute atomic E-state index is 0.269. The number of carbonyl (C=O) groups excluding carboxylic acids is 1. The summed E-state index contributed by atoms with van der Waals surface area (Å²) < 4.78 is 18.7. The number of benzene rings is 2. The molecule has 0 atom stereocenters. The summed E-state index contributed by atoms with van der Waals surface area (Å²) >= 11 is 0. The van der Waals surface area contributed by atoms with Crippen LogP contribution in [0.3, 0.4) is 0 Å². The van der Waals surface area contributed by atoms with Crippen molar-refractivity contribution in [1.29, 1.82) is 0 Å². The molecular formula is C21H23FN2O2. The largest absolute Gasteiger partial charge is 0.443 e.